The van der Waals surface area contributed by atoms with Gasteiger partial charge in [-0.05, 0) is 61.1 Å². The van der Waals surface area contributed by atoms with Gasteiger partial charge in [-0.3, -0.25) is 0 Å². The highest BCUT2D eigenvalue weighted by Gasteiger charge is 2.27. The normalized spacial score (nSPS) is 26.3. The molecule has 1 aromatic carbocycles. The van der Waals surface area contributed by atoms with Gasteiger partial charge in [0.1, 0.15) is 5.82 Å². The zero-order valence-electron chi connectivity index (χ0n) is 11.4. The summed E-state index contributed by atoms with van der Waals surface area (Å²) in [6.07, 6.45) is 4.90. The number of halogens is 1. The molecule has 0 saturated heterocycles. The fourth-order valence-electron chi connectivity index (χ4n) is 3.16. The fourth-order valence-corrected chi connectivity index (χ4v) is 3.16. The number of benzene rings is 1. The van der Waals surface area contributed by atoms with Crippen molar-refractivity contribution in [2.45, 2.75) is 45.6 Å². The first-order valence-electron chi connectivity index (χ1n) is 7.09. The molecule has 1 atom stereocenters. The van der Waals surface area contributed by atoms with Gasteiger partial charge in [0, 0.05) is 6.04 Å². The van der Waals surface area contributed by atoms with Gasteiger partial charge in [0.25, 0.3) is 0 Å². The Morgan fingerprint density at radius 1 is 1.11 bits per heavy atom. The molecule has 1 aromatic rings. The quantitative estimate of drug-likeness (QED) is 0.849. The Morgan fingerprint density at radius 2 is 1.72 bits per heavy atom. The Morgan fingerprint density at radius 3 is 2.28 bits per heavy atom. The highest BCUT2D eigenvalue weighted by atomic mass is 19.1. The van der Waals surface area contributed by atoms with Gasteiger partial charge >= 0.3 is 0 Å². The van der Waals surface area contributed by atoms with Crippen LogP contribution in [0.2, 0.25) is 0 Å². The van der Waals surface area contributed by atoms with Crippen LogP contribution in [0.15, 0.2) is 24.3 Å². The maximum atomic E-state index is 13.2. The number of hydrogen-bond donors (Lipinski definition) is 1. The molecule has 0 radical (unpaired) electrons. The molecule has 1 aliphatic carbocycles. The van der Waals surface area contributed by atoms with Gasteiger partial charge in [-0.15, -0.1) is 0 Å². The molecular formula is C16H24FN. The average molecular weight is 249 g/mol. The SMILES string of the molecule is CC(C)C1CCC(C(N)c2cccc(F)c2)CC1. The van der Waals surface area contributed by atoms with Gasteiger partial charge in [0.15, 0.2) is 0 Å². The van der Waals surface area contributed by atoms with Crippen molar-refractivity contribution < 1.29 is 4.39 Å². The van der Waals surface area contributed by atoms with Crippen LogP contribution in [-0.2, 0) is 0 Å². The first kappa shape index (κ1) is 13.5. The molecule has 1 unspecified atom stereocenters. The van der Waals surface area contributed by atoms with Crippen LogP contribution in [0.1, 0.15) is 51.1 Å². The van der Waals surface area contributed by atoms with E-state index in [9.17, 15) is 4.39 Å². The average Bonchev–Trinajstić information content (AvgIpc) is 2.38. The molecule has 1 aliphatic rings. The monoisotopic (exact) mass is 249 g/mol. The van der Waals surface area contributed by atoms with Crippen LogP contribution in [0.5, 0.6) is 0 Å². The minimum absolute atomic E-state index is 0.00573. The van der Waals surface area contributed by atoms with Gasteiger partial charge in [-0.1, -0.05) is 26.0 Å². The van der Waals surface area contributed by atoms with Gasteiger partial charge in [0.2, 0.25) is 0 Å². The molecular weight excluding hydrogens is 225 g/mol. The number of nitrogens with two attached hydrogens (primary N) is 1. The van der Waals surface area contributed by atoms with Crippen LogP contribution in [0, 0.1) is 23.6 Å². The van der Waals surface area contributed by atoms with E-state index in [0.717, 1.165) is 17.4 Å². The third-order valence-electron chi connectivity index (χ3n) is 4.50. The van der Waals surface area contributed by atoms with E-state index in [2.05, 4.69) is 13.8 Å². The van der Waals surface area contributed by atoms with Crippen molar-refractivity contribution in [1.82, 2.24) is 0 Å². The molecule has 1 fully saturated rings. The molecule has 100 valence electrons. The summed E-state index contributed by atoms with van der Waals surface area (Å²) in [5.74, 6) is 1.96. The predicted molar refractivity (Wildman–Crippen MR) is 73.6 cm³/mol. The summed E-state index contributed by atoms with van der Waals surface area (Å²) in [4.78, 5) is 0. The standard InChI is InChI=1S/C16H24FN/c1-11(2)12-6-8-13(9-7-12)16(18)14-4-3-5-15(17)10-14/h3-5,10-13,16H,6-9,18H2,1-2H3. The summed E-state index contributed by atoms with van der Waals surface area (Å²) in [5, 5.41) is 0. The summed E-state index contributed by atoms with van der Waals surface area (Å²) < 4.78 is 13.2. The molecule has 2 rings (SSSR count). The molecule has 0 aliphatic heterocycles. The Hall–Kier alpha value is -0.890. The molecule has 18 heavy (non-hydrogen) atoms. The second-order valence-electron chi connectivity index (χ2n) is 6.00. The first-order valence-corrected chi connectivity index (χ1v) is 7.09. The second-order valence-corrected chi connectivity index (χ2v) is 6.00. The smallest absolute Gasteiger partial charge is 0.123 e. The van der Waals surface area contributed by atoms with E-state index in [0.29, 0.717) is 5.92 Å². The second kappa shape index (κ2) is 5.83. The van der Waals surface area contributed by atoms with Crippen molar-refractivity contribution in [3.8, 4) is 0 Å². The van der Waals surface area contributed by atoms with E-state index in [1.807, 2.05) is 6.07 Å². The van der Waals surface area contributed by atoms with Crippen molar-refractivity contribution in [3.63, 3.8) is 0 Å². The Labute approximate surface area is 110 Å². The third-order valence-corrected chi connectivity index (χ3v) is 4.50. The highest BCUT2D eigenvalue weighted by molar-refractivity contribution is 5.20. The molecule has 0 aromatic heterocycles. The Kier molecular flexibility index (Phi) is 4.39. The van der Waals surface area contributed by atoms with Crippen molar-refractivity contribution in [1.29, 1.82) is 0 Å². The summed E-state index contributed by atoms with van der Waals surface area (Å²) in [7, 11) is 0. The van der Waals surface area contributed by atoms with E-state index in [1.165, 1.54) is 31.7 Å². The fraction of sp³-hybridized carbons (Fsp3) is 0.625. The van der Waals surface area contributed by atoms with Gasteiger partial charge < -0.3 is 5.73 Å². The molecule has 0 amide bonds. The lowest BCUT2D eigenvalue weighted by atomic mass is 9.73. The molecule has 1 nitrogen and oxygen atoms in total. The van der Waals surface area contributed by atoms with Crippen molar-refractivity contribution >= 4 is 0 Å². The molecule has 0 heterocycles. The molecule has 2 heteroatoms. The van der Waals surface area contributed by atoms with E-state index < -0.39 is 0 Å². The minimum atomic E-state index is -0.182. The Bertz CT molecular complexity index is 380. The summed E-state index contributed by atoms with van der Waals surface area (Å²) in [5.41, 5.74) is 7.24. The summed E-state index contributed by atoms with van der Waals surface area (Å²) >= 11 is 0. The van der Waals surface area contributed by atoms with Gasteiger partial charge in [-0.25, -0.2) is 4.39 Å². The Balaban J connectivity index is 1.97. The van der Waals surface area contributed by atoms with Crippen LogP contribution in [0.25, 0.3) is 0 Å². The van der Waals surface area contributed by atoms with Gasteiger partial charge in [0.05, 0.1) is 0 Å². The maximum absolute atomic E-state index is 13.2. The lowest BCUT2D eigenvalue weighted by Gasteiger charge is -2.34. The molecule has 1 saturated carbocycles. The van der Waals surface area contributed by atoms with Crippen LogP contribution in [0.4, 0.5) is 4.39 Å². The lowest BCUT2D eigenvalue weighted by molar-refractivity contribution is 0.203. The largest absolute Gasteiger partial charge is 0.324 e. The van der Waals surface area contributed by atoms with Crippen molar-refractivity contribution in [2.75, 3.05) is 0 Å². The maximum Gasteiger partial charge on any atom is 0.123 e. The van der Waals surface area contributed by atoms with Crippen molar-refractivity contribution in [3.05, 3.63) is 35.6 Å². The molecule has 0 bridgehead atoms. The highest BCUT2D eigenvalue weighted by Crippen LogP contribution is 2.38. The van der Waals surface area contributed by atoms with E-state index in [4.69, 9.17) is 5.73 Å². The first-order chi connectivity index (χ1) is 8.58. The minimum Gasteiger partial charge on any atom is -0.324 e. The zero-order valence-corrected chi connectivity index (χ0v) is 11.4. The van der Waals surface area contributed by atoms with E-state index >= 15 is 0 Å². The predicted octanol–water partition coefficient (Wildman–Crippen LogP) is 4.29. The van der Waals surface area contributed by atoms with E-state index in [-0.39, 0.29) is 11.9 Å². The van der Waals surface area contributed by atoms with Crippen LogP contribution < -0.4 is 5.73 Å². The van der Waals surface area contributed by atoms with Crippen molar-refractivity contribution in [2.24, 2.45) is 23.5 Å². The zero-order chi connectivity index (χ0) is 13.1. The topological polar surface area (TPSA) is 26.0 Å². The van der Waals surface area contributed by atoms with E-state index in [1.54, 1.807) is 12.1 Å². The summed E-state index contributed by atoms with van der Waals surface area (Å²) in [6.45, 7) is 4.61. The molecule has 2 N–H and O–H groups in total. The van der Waals surface area contributed by atoms with Gasteiger partial charge in [-0.2, -0.15) is 0 Å². The van der Waals surface area contributed by atoms with Crippen LogP contribution in [-0.4, -0.2) is 0 Å². The number of rotatable bonds is 3. The van der Waals surface area contributed by atoms with Crippen LogP contribution >= 0.6 is 0 Å². The summed E-state index contributed by atoms with van der Waals surface area (Å²) in [6, 6.07) is 6.76. The third kappa shape index (κ3) is 3.11. The van der Waals surface area contributed by atoms with Crippen LogP contribution in [0.3, 0.4) is 0 Å². The molecule has 0 spiro atoms. The lowest BCUT2D eigenvalue weighted by Crippen LogP contribution is -2.27. The number of hydrogen-bond acceptors (Lipinski definition) is 1.